The minimum Gasteiger partial charge on any atom is -0.338 e. The summed E-state index contributed by atoms with van der Waals surface area (Å²) < 4.78 is 1.96. The topological polar surface area (TPSA) is 34.9 Å². The lowest BCUT2D eigenvalue weighted by Crippen LogP contribution is -2.08. The zero-order valence-corrected chi connectivity index (χ0v) is 11.1. The first-order chi connectivity index (χ1) is 8.59. The predicted octanol–water partition coefficient (Wildman–Crippen LogP) is 2.85. The van der Waals surface area contributed by atoms with Gasteiger partial charge in [-0.3, -0.25) is 4.79 Å². The second-order valence-corrected chi connectivity index (χ2v) is 4.64. The van der Waals surface area contributed by atoms with Gasteiger partial charge in [0.15, 0.2) is 5.78 Å². The summed E-state index contributed by atoms with van der Waals surface area (Å²) in [5.41, 5.74) is 2.98. The molecular formula is C15H18N2O. The van der Waals surface area contributed by atoms with E-state index in [0.29, 0.717) is 12.8 Å². The van der Waals surface area contributed by atoms with Crippen LogP contribution in [0.25, 0.3) is 0 Å². The van der Waals surface area contributed by atoms with E-state index < -0.39 is 0 Å². The monoisotopic (exact) mass is 242 g/mol. The Hall–Kier alpha value is -1.90. The maximum Gasteiger partial charge on any atom is 0.163 e. The van der Waals surface area contributed by atoms with Gasteiger partial charge in [0.1, 0.15) is 5.82 Å². The summed E-state index contributed by atoms with van der Waals surface area (Å²) in [6.07, 6.45) is 4.87. The fourth-order valence-corrected chi connectivity index (χ4v) is 2.24. The van der Waals surface area contributed by atoms with Crippen LogP contribution < -0.4 is 0 Å². The summed E-state index contributed by atoms with van der Waals surface area (Å²) in [7, 11) is 1.95. The number of benzene rings is 1. The molecule has 0 saturated heterocycles. The summed E-state index contributed by atoms with van der Waals surface area (Å²) in [5.74, 6) is 1.16. The number of aromatic nitrogens is 2. The van der Waals surface area contributed by atoms with Crippen molar-refractivity contribution >= 4 is 5.78 Å². The molecule has 0 radical (unpaired) electrons. The van der Waals surface area contributed by atoms with Gasteiger partial charge in [0.05, 0.1) is 0 Å². The van der Waals surface area contributed by atoms with Gasteiger partial charge >= 0.3 is 0 Å². The van der Waals surface area contributed by atoms with Crippen molar-refractivity contribution in [3.63, 3.8) is 0 Å². The molecule has 1 aromatic carbocycles. The Morgan fingerprint density at radius 1 is 1.28 bits per heavy atom. The molecular weight excluding hydrogens is 224 g/mol. The quantitative estimate of drug-likeness (QED) is 0.773. The van der Waals surface area contributed by atoms with E-state index in [4.69, 9.17) is 0 Å². The fraction of sp³-hybridized carbons (Fsp3) is 0.333. The summed E-state index contributed by atoms with van der Waals surface area (Å²) in [6.45, 7) is 3.97. The van der Waals surface area contributed by atoms with Crippen LogP contribution in [0.4, 0.5) is 0 Å². The molecule has 0 aliphatic carbocycles. The molecule has 0 amide bonds. The molecule has 0 atom stereocenters. The summed E-state index contributed by atoms with van der Waals surface area (Å²) >= 11 is 0. The number of imidazole rings is 1. The first-order valence-corrected chi connectivity index (χ1v) is 6.15. The van der Waals surface area contributed by atoms with Crippen molar-refractivity contribution in [3.05, 3.63) is 53.1 Å². The van der Waals surface area contributed by atoms with E-state index in [2.05, 4.69) is 4.98 Å². The third kappa shape index (κ3) is 2.50. The molecule has 0 bridgehead atoms. The van der Waals surface area contributed by atoms with Gasteiger partial charge in [0.25, 0.3) is 0 Å². The second kappa shape index (κ2) is 5.17. The van der Waals surface area contributed by atoms with E-state index in [1.54, 1.807) is 6.20 Å². The van der Waals surface area contributed by atoms with Crippen LogP contribution in [0.5, 0.6) is 0 Å². The van der Waals surface area contributed by atoms with Crippen molar-refractivity contribution in [2.75, 3.05) is 0 Å². The van der Waals surface area contributed by atoms with Gasteiger partial charge in [-0.1, -0.05) is 18.2 Å². The van der Waals surface area contributed by atoms with E-state index in [0.717, 1.165) is 22.5 Å². The number of carbonyl (C=O) groups is 1. The maximum absolute atomic E-state index is 12.3. The number of Topliss-reactive ketones (excluding diaryl/α,β-unsaturated/α-hetero) is 1. The molecule has 0 saturated carbocycles. The van der Waals surface area contributed by atoms with Crippen LogP contribution >= 0.6 is 0 Å². The molecule has 2 rings (SSSR count). The van der Waals surface area contributed by atoms with E-state index in [1.807, 2.05) is 49.9 Å². The van der Waals surface area contributed by atoms with E-state index in [-0.39, 0.29) is 5.78 Å². The van der Waals surface area contributed by atoms with E-state index in [1.165, 1.54) is 0 Å². The lowest BCUT2D eigenvalue weighted by molar-refractivity contribution is 0.0981. The fourth-order valence-electron chi connectivity index (χ4n) is 2.24. The Kier molecular flexibility index (Phi) is 3.60. The summed E-state index contributed by atoms with van der Waals surface area (Å²) in [4.78, 5) is 16.5. The molecule has 18 heavy (non-hydrogen) atoms. The number of rotatable bonds is 4. The molecule has 0 aliphatic heterocycles. The second-order valence-electron chi connectivity index (χ2n) is 4.64. The first-order valence-electron chi connectivity index (χ1n) is 6.15. The van der Waals surface area contributed by atoms with Crippen molar-refractivity contribution in [1.82, 2.24) is 9.55 Å². The van der Waals surface area contributed by atoms with Gasteiger partial charge in [0, 0.05) is 37.8 Å². The van der Waals surface area contributed by atoms with Crippen LogP contribution in [0.15, 0.2) is 30.6 Å². The van der Waals surface area contributed by atoms with Gasteiger partial charge in [-0.15, -0.1) is 0 Å². The van der Waals surface area contributed by atoms with E-state index >= 15 is 0 Å². The number of aryl methyl sites for hydroxylation is 4. The third-order valence-corrected chi connectivity index (χ3v) is 3.26. The molecule has 1 aromatic heterocycles. The zero-order chi connectivity index (χ0) is 13.1. The molecule has 2 aromatic rings. The highest BCUT2D eigenvalue weighted by molar-refractivity contribution is 5.98. The van der Waals surface area contributed by atoms with Crippen LogP contribution in [0.1, 0.15) is 33.7 Å². The van der Waals surface area contributed by atoms with Crippen molar-refractivity contribution < 1.29 is 4.79 Å². The van der Waals surface area contributed by atoms with Crippen LogP contribution in [0, 0.1) is 13.8 Å². The summed E-state index contributed by atoms with van der Waals surface area (Å²) in [6, 6.07) is 5.96. The molecule has 0 fully saturated rings. The number of carbonyl (C=O) groups excluding carboxylic acids is 1. The summed E-state index contributed by atoms with van der Waals surface area (Å²) in [5, 5.41) is 0. The van der Waals surface area contributed by atoms with Gasteiger partial charge < -0.3 is 4.57 Å². The minimum absolute atomic E-state index is 0.202. The highest BCUT2D eigenvalue weighted by Gasteiger charge is 2.12. The minimum atomic E-state index is 0.202. The van der Waals surface area contributed by atoms with Crippen LogP contribution in [0.3, 0.4) is 0 Å². The Morgan fingerprint density at radius 3 is 2.50 bits per heavy atom. The molecule has 0 unspecified atom stereocenters. The molecule has 0 spiro atoms. The number of nitrogens with zero attached hydrogens (tertiary/aromatic N) is 2. The van der Waals surface area contributed by atoms with Gasteiger partial charge in [-0.05, 0) is 25.0 Å². The average molecular weight is 242 g/mol. The molecule has 3 heteroatoms. The molecule has 0 N–H and O–H groups in total. The lowest BCUT2D eigenvalue weighted by atomic mass is 9.96. The van der Waals surface area contributed by atoms with Crippen molar-refractivity contribution in [1.29, 1.82) is 0 Å². The van der Waals surface area contributed by atoms with Gasteiger partial charge in [-0.2, -0.15) is 0 Å². The maximum atomic E-state index is 12.3. The standard InChI is InChI=1S/C15H18N2O/c1-11-5-4-6-12(2)15(11)13(18)7-8-14-16-9-10-17(14)3/h4-6,9-10H,7-8H2,1-3H3. The Bertz CT molecular complexity index is 549. The number of hydrogen-bond acceptors (Lipinski definition) is 2. The van der Waals surface area contributed by atoms with E-state index in [9.17, 15) is 4.79 Å². The highest BCUT2D eigenvalue weighted by Crippen LogP contribution is 2.16. The van der Waals surface area contributed by atoms with Gasteiger partial charge in [-0.25, -0.2) is 4.98 Å². The predicted molar refractivity (Wildman–Crippen MR) is 71.8 cm³/mol. The third-order valence-electron chi connectivity index (χ3n) is 3.26. The zero-order valence-electron chi connectivity index (χ0n) is 11.1. The van der Waals surface area contributed by atoms with Crippen LogP contribution in [-0.2, 0) is 13.5 Å². The van der Waals surface area contributed by atoms with Crippen molar-refractivity contribution in [2.24, 2.45) is 7.05 Å². The smallest absolute Gasteiger partial charge is 0.163 e. The average Bonchev–Trinajstić information content (AvgIpc) is 2.72. The Balaban J connectivity index is 2.11. The van der Waals surface area contributed by atoms with Crippen LogP contribution in [0.2, 0.25) is 0 Å². The van der Waals surface area contributed by atoms with Crippen LogP contribution in [-0.4, -0.2) is 15.3 Å². The normalized spacial score (nSPS) is 10.6. The van der Waals surface area contributed by atoms with Gasteiger partial charge in [0.2, 0.25) is 0 Å². The SMILES string of the molecule is Cc1cccc(C)c1C(=O)CCc1nccn1C. The van der Waals surface area contributed by atoms with Crippen molar-refractivity contribution in [3.8, 4) is 0 Å². The molecule has 94 valence electrons. The largest absolute Gasteiger partial charge is 0.338 e. The highest BCUT2D eigenvalue weighted by atomic mass is 16.1. The number of hydrogen-bond donors (Lipinski definition) is 0. The first kappa shape index (κ1) is 12.6. The van der Waals surface area contributed by atoms with Crippen molar-refractivity contribution in [2.45, 2.75) is 26.7 Å². The Morgan fingerprint density at radius 2 is 1.94 bits per heavy atom. The molecule has 1 heterocycles. The lowest BCUT2D eigenvalue weighted by Gasteiger charge is -2.08. The number of ketones is 1. The molecule has 0 aliphatic rings. The molecule has 3 nitrogen and oxygen atoms in total. The Labute approximate surface area is 107 Å².